The molecule has 0 fully saturated rings. The molecule has 35 heavy (non-hydrogen) atoms. The minimum absolute atomic E-state index is 0.0661. The van der Waals surface area contributed by atoms with Gasteiger partial charge in [-0.3, -0.25) is 9.59 Å². The van der Waals surface area contributed by atoms with Crippen molar-refractivity contribution in [3.63, 3.8) is 0 Å². The summed E-state index contributed by atoms with van der Waals surface area (Å²) in [4.78, 5) is 24.9. The number of anilines is 2. The Morgan fingerprint density at radius 3 is 2.40 bits per heavy atom. The molecular formula is C28H27N3O4. The Morgan fingerprint density at radius 2 is 1.71 bits per heavy atom. The number of rotatable bonds is 9. The SMILES string of the molecule is CCOc1ccc(NC(=O)/C(C#N)=C/c2cccc(OCC(=O)Nc3ccc(C)cc3C)c2)cc1. The van der Waals surface area contributed by atoms with Crippen LogP contribution in [0.15, 0.2) is 72.3 Å². The van der Waals surface area contributed by atoms with Crippen molar-refractivity contribution < 1.29 is 19.1 Å². The van der Waals surface area contributed by atoms with Gasteiger partial charge < -0.3 is 20.1 Å². The van der Waals surface area contributed by atoms with Crippen molar-refractivity contribution in [3.05, 3.63) is 89.0 Å². The van der Waals surface area contributed by atoms with Gasteiger partial charge in [0, 0.05) is 11.4 Å². The van der Waals surface area contributed by atoms with Gasteiger partial charge in [0.2, 0.25) is 0 Å². The molecule has 0 atom stereocenters. The topological polar surface area (TPSA) is 100 Å². The van der Waals surface area contributed by atoms with E-state index in [0.29, 0.717) is 29.4 Å². The Morgan fingerprint density at radius 1 is 0.943 bits per heavy atom. The number of hydrogen-bond acceptors (Lipinski definition) is 5. The molecule has 0 aliphatic heterocycles. The van der Waals surface area contributed by atoms with Crippen molar-refractivity contribution in [2.24, 2.45) is 0 Å². The first kappa shape index (κ1) is 25.1. The number of amides is 2. The molecule has 0 bridgehead atoms. The molecule has 0 unspecified atom stereocenters. The molecule has 0 radical (unpaired) electrons. The van der Waals surface area contributed by atoms with Gasteiger partial charge in [-0.2, -0.15) is 5.26 Å². The van der Waals surface area contributed by atoms with Gasteiger partial charge in [0.05, 0.1) is 6.61 Å². The number of nitrogens with one attached hydrogen (secondary N) is 2. The van der Waals surface area contributed by atoms with Gasteiger partial charge in [-0.15, -0.1) is 0 Å². The van der Waals surface area contributed by atoms with E-state index in [1.54, 1.807) is 48.5 Å². The van der Waals surface area contributed by atoms with E-state index >= 15 is 0 Å². The van der Waals surface area contributed by atoms with Crippen molar-refractivity contribution in [2.45, 2.75) is 20.8 Å². The Labute approximate surface area is 205 Å². The van der Waals surface area contributed by atoms with Crippen LogP contribution in [0.1, 0.15) is 23.6 Å². The zero-order valence-corrected chi connectivity index (χ0v) is 19.9. The van der Waals surface area contributed by atoms with E-state index in [1.807, 2.05) is 45.0 Å². The number of benzene rings is 3. The van der Waals surface area contributed by atoms with Crippen LogP contribution in [0.4, 0.5) is 11.4 Å². The number of ether oxygens (including phenoxy) is 2. The largest absolute Gasteiger partial charge is 0.494 e. The predicted molar refractivity (Wildman–Crippen MR) is 136 cm³/mol. The molecule has 0 aromatic heterocycles. The Hall–Kier alpha value is -4.57. The fourth-order valence-electron chi connectivity index (χ4n) is 3.30. The van der Waals surface area contributed by atoms with Gasteiger partial charge in [0.15, 0.2) is 6.61 Å². The van der Waals surface area contributed by atoms with Gasteiger partial charge >= 0.3 is 0 Å². The molecule has 3 aromatic rings. The highest BCUT2D eigenvalue weighted by Crippen LogP contribution is 2.19. The highest BCUT2D eigenvalue weighted by molar-refractivity contribution is 6.09. The van der Waals surface area contributed by atoms with Crippen LogP contribution in [0, 0.1) is 25.2 Å². The molecule has 0 aliphatic rings. The summed E-state index contributed by atoms with van der Waals surface area (Å²) in [6.07, 6.45) is 1.46. The van der Waals surface area contributed by atoms with Gasteiger partial charge in [0.25, 0.3) is 11.8 Å². The Bertz CT molecular complexity index is 1270. The lowest BCUT2D eigenvalue weighted by atomic mass is 10.1. The number of nitriles is 1. The Balaban J connectivity index is 1.61. The Kier molecular flexibility index (Phi) is 8.63. The second-order valence-corrected chi connectivity index (χ2v) is 7.81. The lowest BCUT2D eigenvalue weighted by molar-refractivity contribution is -0.118. The third-order valence-electron chi connectivity index (χ3n) is 4.98. The minimum atomic E-state index is -0.532. The van der Waals surface area contributed by atoms with Crippen LogP contribution in [-0.4, -0.2) is 25.0 Å². The first-order valence-electron chi connectivity index (χ1n) is 11.1. The van der Waals surface area contributed by atoms with E-state index < -0.39 is 5.91 Å². The molecule has 0 aliphatic carbocycles. The van der Waals surface area contributed by atoms with Crippen LogP contribution in [-0.2, 0) is 9.59 Å². The number of carbonyl (C=O) groups is 2. The molecule has 0 saturated heterocycles. The highest BCUT2D eigenvalue weighted by atomic mass is 16.5. The average Bonchev–Trinajstić information content (AvgIpc) is 2.84. The molecule has 7 nitrogen and oxygen atoms in total. The summed E-state index contributed by atoms with van der Waals surface area (Å²) in [6.45, 7) is 6.18. The molecule has 0 heterocycles. The van der Waals surface area contributed by atoms with E-state index in [2.05, 4.69) is 10.6 Å². The van der Waals surface area contributed by atoms with Crippen LogP contribution in [0.2, 0.25) is 0 Å². The van der Waals surface area contributed by atoms with Crippen molar-refractivity contribution in [3.8, 4) is 17.6 Å². The maximum Gasteiger partial charge on any atom is 0.266 e. The molecule has 3 rings (SSSR count). The fraction of sp³-hybridized carbons (Fsp3) is 0.179. The van der Waals surface area contributed by atoms with Crippen LogP contribution in [0.3, 0.4) is 0 Å². The van der Waals surface area contributed by atoms with Crippen molar-refractivity contribution in [2.75, 3.05) is 23.8 Å². The quantitative estimate of drug-likeness (QED) is 0.329. The normalized spacial score (nSPS) is 10.7. The zero-order chi connectivity index (χ0) is 25.2. The molecule has 2 N–H and O–H groups in total. The van der Waals surface area contributed by atoms with Gasteiger partial charge in [-0.25, -0.2) is 0 Å². The number of carbonyl (C=O) groups excluding carboxylic acids is 2. The van der Waals surface area contributed by atoms with Crippen molar-refractivity contribution in [1.82, 2.24) is 0 Å². The van der Waals surface area contributed by atoms with Gasteiger partial charge in [-0.1, -0.05) is 29.8 Å². The summed E-state index contributed by atoms with van der Waals surface area (Å²) in [7, 11) is 0. The molecule has 0 spiro atoms. The van der Waals surface area contributed by atoms with E-state index in [9.17, 15) is 14.9 Å². The molecule has 0 saturated carbocycles. The van der Waals surface area contributed by atoms with Gasteiger partial charge in [-0.05, 0) is 80.4 Å². The summed E-state index contributed by atoms with van der Waals surface area (Å²) in [5.74, 6) is 0.320. The summed E-state index contributed by atoms with van der Waals surface area (Å²) >= 11 is 0. The fourth-order valence-corrected chi connectivity index (χ4v) is 3.30. The molecule has 7 heteroatoms. The molecule has 178 valence electrons. The third kappa shape index (κ3) is 7.47. The summed E-state index contributed by atoms with van der Waals surface area (Å²) in [5.41, 5.74) is 3.90. The zero-order valence-electron chi connectivity index (χ0n) is 19.9. The van der Waals surface area contributed by atoms with Crippen molar-refractivity contribution >= 4 is 29.3 Å². The average molecular weight is 470 g/mol. The van der Waals surface area contributed by atoms with Crippen LogP contribution >= 0.6 is 0 Å². The molecule has 2 amide bonds. The maximum atomic E-state index is 12.6. The standard InChI is InChI=1S/C28H27N3O4/c1-4-34-24-11-9-23(10-12-24)30-28(33)22(17-29)15-21-6-5-7-25(16-21)35-18-27(32)31-26-13-8-19(2)14-20(26)3/h5-16H,4,18H2,1-3H3,(H,30,33)(H,31,32)/b22-15+. The van der Waals surface area contributed by atoms with Gasteiger partial charge in [0.1, 0.15) is 23.1 Å². The first-order chi connectivity index (χ1) is 16.9. The summed E-state index contributed by atoms with van der Waals surface area (Å²) < 4.78 is 11.0. The van der Waals surface area contributed by atoms with E-state index in [0.717, 1.165) is 16.8 Å². The van der Waals surface area contributed by atoms with Crippen LogP contribution in [0.5, 0.6) is 11.5 Å². The van der Waals surface area contributed by atoms with Crippen molar-refractivity contribution in [1.29, 1.82) is 5.26 Å². The number of nitrogens with zero attached hydrogens (tertiary/aromatic N) is 1. The van der Waals surface area contributed by atoms with E-state index in [4.69, 9.17) is 9.47 Å². The first-order valence-corrected chi connectivity index (χ1v) is 11.1. The second-order valence-electron chi connectivity index (χ2n) is 7.81. The molecular weight excluding hydrogens is 442 g/mol. The smallest absolute Gasteiger partial charge is 0.266 e. The number of hydrogen-bond donors (Lipinski definition) is 2. The minimum Gasteiger partial charge on any atom is -0.494 e. The molecule has 3 aromatic carbocycles. The number of aryl methyl sites for hydroxylation is 2. The highest BCUT2D eigenvalue weighted by Gasteiger charge is 2.11. The summed E-state index contributed by atoms with van der Waals surface area (Å²) in [5, 5.41) is 15.0. The second kappa shape index (κ2) is 12.1. The lowest BCUT2D eigenvalue weighted by Gasteiger charge is -2.10. The predicted octanol–water partition coefficient (Wildman–Crippen LogP) is 5.27. The third-order valence-corrected chi connectivity index (χ3v) is 4.98. The van der Waals surface area contributed by atoms with Crippen LogP contribution < -0.4 is 20.1 Å². The van der Waals surface area contributed by atoms with E-state index in [1.165, 1.54) is 6.08 Å². The monoisotopic (exact) mass is 469 g/mol. The summed E-state index contributed by atoms with van der Waals surface area (Å²) in [6, 6.07) is 21.4. The van der Waals surface area contributed by atoms with E-state index in [-0.39, 0.29) is 18.1 Å². The lowest BCUT2D eigenvalue weighted by Crippen LogP contribution is -2.20. The van der Waals surface area contributed by atoms with Crippen LogP contribution in [0.25, 0.3) is 6.08 Å². The maximum absolute atomic E-state index is 12.6.